The number of anilines is 1. The number of aromatic nitrogens is 4. The van der Waals surface area contributed by atoms with E-state index >= 15 is 0 Å². The van der Waals surface area contributed by atoms with Gasteiger partial charge in [-0.2, -0.15) is 13.9 Å². The second-order valence-electron chi connectivity index (χ2n) is 6.24. The summed E-state index contributed by atoms with van der Waals surface area (Å²) in [6.07, 6.45) is 1.44. The smallest absolute Gasteiger partial charge is 0.387 e. The molecule has 4 aromatic rings. The molecule has 2 aromatic heterocycles. The van der Waals surface area contributed by atoms with Gasteiger partial charge in [0.15, 0.2) is 10.8 Å². The molecule has 0 saturated carbocycles. The Kier molecular flexibility index (Phi) is 5.94. The lowest BCUT2D eigenvalue weighted by molar-refractivity contribution is -0.113. The first-order valence-corrected chi connectivity index (χ1v) is 9.99. The maximum Gasteiger partial charge on any atom is 0.387 e. The minimum absolute atomic E-state index is 0.00696. The van der Waals surface area contributed by atoms with Crippen LogP contribution in [0.15, 0.2) is 70.7 Å². The third-order valence-electron chi connectivity index (χ3n) is 4.12. The van der Waals surface area contributed by atoms with Gasteiger partial charge in [0.2, 0.25) is 5.91 Å². The van der Waals surface area contributed by atoms with E-state index in [0.29, 0.717) is 16.7 Å². The summed E-state index contributed by atoms with van der Waals surface area (Å²) in [5.41, 5.74) is 1.20. The normalized spacial score (nSPS) is 11.1. The number of aromatic amines is 1. The molecule has 1 amide bonds. The van der Waals surface area contributed by atoms with Crippen molar-refractivity contribution in [2.24, 2.45) is 0 Å². The van der Waals surface area contributed by atoms with Crippen molar-refractivity contribution in [2.45, 2.75) is 11.8 Å². The van der Waals surface area contributed by atoms with Crippen LogP contribution in [0.5, 0.6) is 5.75 Å². The largest absolute Gasteiger partial charge is 0.435 e. The molecule has 0 aliphatic heterocycles. The zero-order valence-electron chi connectivity index (χ0n) is 15.8. The number of H-pyrrole nitrogens is 1. The Labute approximate surface area is 178 Å². The van der Waals surface area contributed by atoms with Crippen molar-refractivity contribution in [3.63, 3.8) is 0 Å². The van der Waals surface area contributed by atoms with Gasteiger partial charge in [0.05, 0.1) is 17.6 Å². The third-order valence-corrected chi connectivity index (χ3v) is 4.99. The molecule has 11 heteroatoms. The number of benzene rings is 2. The predicted molar refractivity (Wildman–Crippen MR) is 112 cm³/mol. The molecule has 0 aliphatic rings. The second-order valence-corrected chi connectivity index (χ2v) is 7.20. The van der Waals surface area contributed by atoms with E-state index in [2.05, 4.69) is 25.1 Å². The number of alkyl halides is 2. The van der Waals surface area contributed by atoms with Crippen molar-refractivity contribution in [1.29, 1.82) is 0 Å². The average Bonchev–Trinajstić information content (AvgIpc) is 3.19. The summed E-state index contributed by atoms with van der Waals surface area (Å²) in [4.78, 5) is 31.6. The fourth-order valence-electron chi connectivity index (χ4n) is 2.78. The molecule has 8 nitrogen and oxygen atoms in total. The highest BCUT2D eigenvalue weighted by Crippen LogP contribution is 2.20. The molecule has 2 heterocycles. The van der Waals surface area contributed by atoms with Crippen LogP contribution in [-0.4, -0.2) is 38.0 Å². The van der Waals surface area contributed by atoms with E-state index in [4.69, 9.17) is 0 Å². The Hall–Kier alpha value is -3.73. The van der Waals surface area contributed by atoms with Gasteiger partial charge in [-0.25, -0.2) is 9.67 Å². The molecule has 0 saturated heterocycles. The lowest BCUT2D eigenvalue weighted by Crippen LogP contribution is -2.15. The highest BCUT2D eigenvalue weighted by Gasteiger charge is 2.13. The van der Waals surface area contributed by atoms with Crippen LogP contribution in [0.3, 0.4) is 0 Å². The van der Waals surface area contributed by atoms with Crippen LogP contribution in [0.2, 0.25) is 0 Å². The molecule has 2 aromatic carbocycles. The quantitative estimate of drug-likeness (QED) is 0.335. The van der Waals surface area contributed by atoms with Gasteiger partial charge in [-0.05, 0) is 36.4 Å². The summed E-state index contributed by atoms with van der Waals surface area (Å²) in [5, 5.41) is 7.47. The first-order valence-electron chi connectivity index (χ1n) is 9.00. The lowest BCUT2D eigenvalue weighted by Gasteiger charge is -2.07. The van der Waals surface area contributed by atoms with E-state index in [9.17, 15) is 18.4 Å². The second kappa shape index (κ2) is 8.96. The molecular formula is C20H15F2N5O3S. The monoisotopic (exact) mass is 443 g/mol. The number of amides is 1. The van der Waals surface area contributed by atoms with E-state index in [1.165, 1.54) is 30.5 Å². The lowest BCUT2D eigenvalue weighted by atomic mass is 10.3. The van der Waals surface area contributed by atoms with E-state index in [1.54, 1.807) is 4.68 Å². The molecular weight excluding hydrogens is 428 g/mol. The van der Waals surface area contributed by atoms with Crippen LogP contribution in [0, 0.1) is 0 Å². The molecule has 158 valence electrons. The number of hydrogen-bond acceptors (Lipinski definition) is 6. The maximum atomic E-state index is 12.4. The Morgan fingerprint density at radius 1 is 1.16 bits per heavy atom. The van der Waals surface area contributed by atoms with E-state index in [0.717, 1.165) is 17.4 Å². The molecule has 0 spiro atoms. The van der Waals surface area contributed by atoms with Gasteiger partial charge >= 0.3 is 6.61 Å². The number of hydrogen-bond donors (Lipinski definition) is 2. The van der Waals surface area contributed by atoms with Gasteiger partial charge in [-0.15, -0.1) is 0 Å². The standard InChI is InChI=1S/C20H15F2N5O3S/c21-19(22)30-14-8-6-12(7-9-14)24-16(28)11-31-20-25-17-15(18(29)26-20)10-23-27(17)13-4-2-1-3-5-13/h1-10,19H,11H2,(H,24,28)(H,25,26,29). The zero-order valence-corrected chi connectivity index (χ0v) is 16.6. The summed E-state index contributed by atoms with van der Waals surface area (Å²) in [7, 11) is 0. The van der Waals surface area contributed by atoms with E-state index in [1.807, 2.05) is 30.3 Å². The Morgan fingerprint density at radius 2 is 1.90 bits per heavy atom. The van der Waals surface area contributed by atoms with Crippen molar-refractivity contribution >= 4 is 34.4 Å². The predicted octanol–water partition coefficient (Wildman–Crippen LogP) is 3.44. The molecule has 0 radical (unpaired) electrons. The van der Waals surface area contributed by atoms with Gasteiger partial charge in [-0.1, -0.05) is 30.0 Å². The van der Waals surface area contributed by atoms with Gasteiger partial charge in [0, 0.05) is 5.69 Å². The van der Waals surface area contributed by atoms with Gasteiger partial charge in [-0.3, -0.25) is 9.59 Å². The Bertz CT molecular complexity index is 1260. The number of carbonyl (C=O) groups is 1. The molecule has 0 fully saturated rings. The first-order chi connectivity index (χ1) is 15.0. The Morgan fingerprint density at radius 3 is 2.61 bits per heavy atom. The minimum atomic E-state index is -2.91. The van der Waals surface area contributed by atoms with Crippen LogP contribution in [-0.2, 0) is 4.79 Å². The van der Waals surface area contributed by atoms with E-state index in [-0.39, 0.29) is 28.1 Å². The van der Waals surface area contributed by atoms with Crippen LogP contribution in [0.4, 0.5) is 14.5 Å². The number of halogens is 2. The van der Waals surface area contributed by atoms with Crippen LogP contribution in [0.25, 0.3) is 16.7 Å². The number of para-hydroxylation sites is 1. The molecule has 31 heavy (non-hydrogen) atoms. The van der Waals surface area contributed by atoms with Gasteiger partial charge in [0.25, 0.3) is 5.56 Å². The van der Waals surface area contributed by atoms with Gasteiger partial charge < -0.3 is 15.0 Å². The summed E-state index contributed by atoms with van der Waals surface area (Å²) < 4.78 is 30.2. The fourth-order valence-corrected chi connectivity index (χ4v) is 3.43. The SMILES string of the molecule is O=C(CSc1nc2c(cnn2-c2ccccc2)c(=O)[nH]1)Nc1ccc(OC(F)F)cc1. The number of nitrogens with zero attached hydrogens (tertiary/aromatic N) is 3. The maximum absolute atomic E-state index is 12.4. The van der Waals surface area contributed by atoms with Crippen molar-refractivity contribution in [2.75, 3.05) is 11.1 Å². The minimum Gasteiger partial charge on any atom is -0.435 e. The molecule has 0 unspecified atom stereocenters. The zero-order chi connectivity index (χ0) is 21.8. The molecule has 0 bridgehead atoms. The molecule has 4 rings (SSSR count). The summed E-state index contributed by atoms with van der Waals surface area (Å²) in [5.74, 6) is -0.386. The number of fused-ring (bicyclic) bond motifs is 1. The number of nitrogens with one attached hydrogen (secondary N) is 2. The average molecular weight is 443 g/mol. The van der Waals surface area contributed by atoms with Crippen molar-refractivity contribution < 1.29 is 18.3 Å². The third kappa shape index (κ3) is 4.89. The summed E-state index contributed by atoms with van der Waals surface area (Å²) >= 11 is 1.05. The fraction of sp³-hybridized carbons (Fsp3) is 0.100. The van der Waals surface area contributed by atoms with Crippen LogP contribution < -0.4 is 15.6 Å². The van der Waals surface area contributed by atoms with Crippen LogP contribution >= 0.6 is 11.8 Å². The highest BCUT2D eigenvalue weighted by molar-refractivity contribution is 7.99. The number of carbonyl (C=O) groups excluding carboxylic acids is 1. The van der Waals surface area contributed by atoms with Gasteiger partial charge in [0.1, 0.15) is 11.1 Å². The van der Waals surface area contributed by atoms with Crippen LogP contribution in [0.1, 0.15) is 0 Å². The number of rotatable bonds is 7. The summed E-state index contributed by atoms with van der Waals surface area (Å²) in [6, 6.07) is 14.8. The van der Waals surface area contributed by atoms with Crippen molar-refractivity contribution in [1.82, 2.24) is 19.7 Å². The highest BCUT2D eigenvalue weighted by atomic mass is 32.2. The number of ether oxygens (including phenoxy) is 1. The topological polar surface area (TPSA) is 102 Å². The first kappa shape index (κ1) is 20.5. The molecule has 0 aliphatic carbocycles. The van der Waals surface area contributed by atoms with Crippen molar-refractivity contribution in [3.05, 3.63) is 71.1 Å². The summed E-state index contributed by atoms with van der Waals surface area (Å²) in [6.45, 7) is -2.91. The van der Waals surface area contributed by atoms with E-state index < -0.39 is 6.61 Å². The van der Waals surface area contributed by atoms with Crippen molar-refractivity contribution in [3.8, 4) is 11.4 Å². The number of thioether (sulfide) groups is 1. The Balaban J connectivity index is 1.45. The molecule has 2 N–H and O–H groups in total. The molecule has 0 atom stereocenters.